The van der Waals surface area contributed by atoms with Crippen molar-refractivity contribution in [2.45, 2.75) is 83.1 Å². The Morgan fingerprint density at radius 1 is 0.721 bits per heavy atom. The second kappa shape index (κ2) is 17.4. The summed E-state index contributed by atoms with van der Waals surface area (Å²) in [6.07, 6.45) is 3.82. The molecular weight excluding hydrogens is 775 g/mol. The van der Waals surface area contributed by atoms with Gasteiger partial charge in [0.05, 0.1) is 50.0 Å². The second-order valence-corrected chi connectivity index (χ2v) is 16.5. The maximum Gasteiger partial charge on any atom is 0.407 e. The van der Waals surface area contributed by atoms with Crippen LogP contribution in [0.1, 0.15) is 63.9 Å². The molecule has 3 aliphatic rings. The van der Waals surface area contributed by atoms with Gasteiger partial charge in [0, 0.05) is 37.7 Å². The van der Waals surface area contributed by atoms with E-state index in [1.54, 1.807) is 18.0 Å². The number of hydrogen-bond donors (Lipinski definition) is 3. The lowest BCUT2D eigenvalue weighted by Crippen LogP contribution is -2.54. The summed E-state index contributed by atoms with van der Waals surface area (Å²) in [5, 5.41) is 9.88. The zero-order chi connectivity index (χ0) is 42.9. The maximum absolute atomic E-state index is 13.9. The van der Waals surface area contributed by atoms with Crippen LogP contribution >= 0.6 is 0 Å². The van der Waals surface area contributed by atoms with E-state index < -0.39 is 30.4 Å². The average Bonchev–Trinajstić information content (AvgIpc) is 4.13. The van der Waals surface area contributed by atoms with Gasteiger partial charge in [-0.25, -0.2) is 14.6 Å². The van der Waals surface area contributed by atoms with Crippen molar-refractivity contribution in [3.8, 4) is 22.4 Å². The van der Waals surface area contributed by atoms with Crippen molar-refractivity contribution in [1.82, 2.24) is 30.4 Å². The highest BCUT2D eigenvalue weighted by atomic mass is 16.5. The van der Waals surface area contributed by atoms with Crippen LogP contribution < -0.4 is 10.6 Å². The monoisotopic (exact) mass is 827 g/mol. The van der Waals surface area contributed by atoms with Gasteiger partial charge in [0.25, 0.3) is 0 Å². The molecule has 0 unspecified atom stereocenters. The SMILES string of the molecule is COC(=O)N[C@H](C(=O)N1CCC[C@H]1C1=Nc2c(c3ccc(-c4ccc(-c5cnc([C@@H]6CCCN6C(=O)[C@@H](NC(=O)OC)[C@@H](C)OC)[nH]5)cc4)cc3c3ccccc23)C1)C(C)C. The summed E-state index contributed by atoms with van der Waals surface area (Å²) in [6.45, 7) is 6.74. The molecule has 2 saturated heterocycles. The number of aromatic nitrogens is 2. The highest BCUT2D eigenvalue weighted by molar-refractivity contribution is 6.19. The first kappa shape index (κ1) is 41.5. The fourth-order valence-corrected chi connectivity index (χ4v) is 9.23. The van der Waals surface area contributed by atoms with Crippen LogP contribution in [0.5, 0.6) is 0 Å². The minimum Gasteiger partial charge on any atom is -0.453 e. The molecule has 3 aliphatic heterocycles. The average molecular weight is 828 g/mol. The Bertz CT molecular complexity index is 2510. The summed E-state index contributed by atoms with van der Waals surface area (Å²) < 4.78 is 15.0. The Labute approximate surface area is 355 Å². The number of carbonyl (C=O) groups is 4. The molecule has 2 fully saturated rings. The van der Waals surface area contributed by atoms with Crippen molar-refractivity contribution in [3.63, 3.8) is 0 Å². The number of nitrogens with one attached hydrogen (secondary N) is 3. The van der Waals surface area contributed by atoms with E-state index in [1.165, 1.54) is 26.9 Å². The van der Waals surface area contributed by atoms with Crippen molar-refractivity contribution in [2.24, 2.45) is 10.9 Å². The van der Waals surface area contributed by atoms with Gasteiger partial charge in [-0.1, -0.05) is 74.5 Å². The normalized spacial score (nSPS) is 18.8. The van der Waals surface area contributed by atoms with Crippen molar-refractivity contribution in [3.05, 3.63) is 84.3 Å². The first-order valence-electron chi connectivity index (χ1n) is 21.0. The molecule has 4 heterocycles. The van der Waals surface area contributed by atoms with Gasteiger partial charge in [0.2, 0.25) is 11.8 Å². The van der Waals surface area contributed by atoms with Crippen LogP contribution in [0.2, 0.25) is 0 Å². The van der Waals surface area contributed by atoms with Crippen LogP contribution in [-0.4, -0.2) is 108 Å². The number of nitrogens with zero attached hydrogens (tertiary/aromatic N) is 4. The Hall–Kier alpha value is -6.28. The number of amides is 4. The molecule has 14 heteroatoms. The summed E-state index contributed by atoms with van der Waals surface area (Å²) in [4.78, 5) is 69.0. The van der Waals surface area contributed by atoms with Crippen LogP contribution in [0.4, 0.5) is 15.3 Å². The van der Waals surface area contributed by atoms with E-state index in [0.717, 1.165) is 81.0 Å². The molecule has 8 rings (SSSR count). The van der Waals surface area contributed by atoms with Crippen molar-refractivity contribution >= 4 is 56.9 Å². The third-order valence-corrected chi connectivity index (χ3v) is 12.6. The fraction of sp³-hybridized carbons (Fsp3) is 0.404. The smallest absolute Gasteiger partial charge is 0.407 e. The maximum atomic E-state index is 13.9. The number of methoxy groups -OCH3 is 3. The molecule has 4 aromatic carbocycles. The van der Waals surface area contributed by atoms with Crippen LogP contribution in [0.15, 0.2) is 77.9 Å². The van der Waals surface area contributed by atoms with Crippen molar-refractivity contribution in [2.75, 3.05) is 34.4 Å². The van der Waals surface area contributed by atoms with Gasteiger partial charge < -0.3 is 39.6 Å². The van der Waals surface area contributed by atoms with Crippen molar-refractivity contribution in [1.29, 1.82) is 0 Å². The topological polar surface area (TPSA) is 168 Å². The zero-order valence-electron chi connectivity index (χ0n) is 35.5. The van der Waals surface area contributed by atoms with E-state index >= 15 is 0 Å². The number of ether oxygens (including phenoxy) is 3. The van der Waals surface area contributed by atoms with Gasteiger partial charge in [-0.15, -0.1) is 0 Å². The molecule has 318 valence electrons. The molecule has 0 spiro atoms. The van der Waals surface area contributed by atoms with Crippen LogP contribution in [0, 0.1) is 5.92 Å². The van der Waals surface area contributed by atoms with Crippen LogP contribution in [0.3, 0.4) is 0 Å². The van der Waals surface area contributed by atoms with E-state index in [-0.39, 0.29) is 29.8 Å². The molecular formula is C47H53N7O7. The van der Waals surface area contributed by atoms with E-state index in [4.69, 9.17) is 24.2 Å². The lowest BCUT2D eigenvalue weighted by atomic mass is 9.91. The van der Waals surface area contributed by atoms with Crippen molar-refractivity contribution < 1.29 is 33.4 Å². The standard InChI is InChI=1S/C47H53N7O7/c1-26(2)40(51-46(57)60-5)44(55)53-21-9-13-38(53)36-24-35-32-20-19-30(23-34(32)31-11-7-8-12-33(31)42(35)49-36)28-15-17-29(18-16-28)37-25-48-43(50-37)39-14-10-22-54(39)45(56)41(27(3)59-4)52-47(58)61-6/h7-8,11-12,15-20,23,25-27,38-41H,9-10,13-14,21-22,24H2,1-6H3,(H,48,50)(H,51,57)(H,52,58)/t27-,38+,39+,40+,41+/m1/s1. The summed E-state index contributed by atoms with van der Waals surface area (Å²) >= 11 is 0. The number of aromatic amines is 1. The lowest BCUT2D eigenvalue weighted by molar-refractivity contribution is -0.137. The number of aliphatic imine (C=N–C) groups is 1. The number of alkyl carbamates (subject to hydrolysis) is 2. The molecule has 5 aromatic rings. The number of fused-ring (bicyclic) bond motifs is 6. The summed E-state index contributed by atoms with van der Waals surface area (Å²) in [7, 11) is 4.07. The predicted octanol–water partition coefficient (Wildman–Crippen LogP) is 7.47. The van der Waals surface area contributed by atoms with Gasteiger partial charge in [0.15, 0.2) is 0 Å². The second-order valence-electron chi connectivity index (χ2n) is 16.5. The number of rotatable bonds is 11. The Morgan fingerprint density at radius 3 is 2.00 bits per heavy atom. The van der Waals surface area contributed by atoms with E-state index in [0.29, 0.717) is 25.3 Å². The molecule has 1 aromatic heterocycles. The number of H-pyrrole nitrogens is 1. The molecule has 0 radical (unpaired) electrons. The van der Waals surface area contributed by atoms with Gasteiger partial charge in [-0.05, 0) is 83.0 Å². The summed E-state index contributed by atoms with van der Waals surface area (Å²) in [6, 6.07) is 21.4. The minimum atomic E-state index is -0.901. The van der Waals surface area contributed by atoms with E-state index in [2.05, 4.69) is 76.3 Å². The number of imidazole rings is 1. The molecule has 0 aliphatic carbocycles. The van der Waals surface area contributed by atoms with Crippen LogP contribution in [0.25, 0.3) is 43.9 Å². The number of benzene rings is 4. The number of carbonyl (C=O) groups excluding carboxylic acids is 4. The third kappa shape index (κ3) is 7.92. The predicted molar refractivity (Wildman–Crippen MR) is 234 cm³/mol. The van der Waals surface area contributed by atoms with Gasteiger partial charge in [-0.2, -0.15) is 0 Å². The van der Waals surface area contributed by atoms with E-state index in [9.17, 15) is 19.2 Å². The molecule has 14 nitrogen and oxygen atoms in total. The first-order chi connectivity index (χ1) is 29.5. The number of hydrogen-bond acceptors (Lipinski definition) is 9. The molecule has 61 heavy (non-hydrogen) atoms. The van der Waals surface area contributed by atoms with E-state index in [1.807, 2.05) is 24.8 Å². The van der Waals surface area contributed by atoms with Gasteiger partial charge in [0.1, 0.15) is 17.9 Å². The lowest BCUT2D eigenvalue weighted by Gasteiger charge is -2.30. The zero-order valence-corrected chi connectivity index (χ0v) is 35.5. The fourth-order valence-electron chi connectivity index (χ4n) is 9.23. The highest BCUT2D eigenvalue weighted by Gasteiger charge is 2.40. The molecule has 0 saturated carbocycles. The van der Waals surface area contributed by atoms with Gasteiger partial charge in [-0.3, -0.25) is 14.6 Å². The Kier molecular flexibility index (Phi) is 11.8. The largest absolute Gasteiger partial charge is 0.453 e. The highest BCUT2D eigenvalue weighted by Crippen LogP contribution is 2.44. The minimum absolute atomic E-state index is 0.107. The van der Waals surface area contributed by atoms with Crippen LogP contribution in [-0.2, 0) is 30.2 Å². The third-order valence-electron chi connectivity index (χ3n) is 12.6. The molecule has 5 atom stereocenters. The molecule has 4 amide bonds. The Balaban J connectivity index is 1.03. The first-order valence-corrected chi connectivity index (χ1v) is 21.0. The Morgan fingerprint density at radius 2 is 1.33 bits per heavy atom. The number of likely N-dealkylation sites (tertiary alicyclic amines) is 2. The summed E-state index contributed by atoms with van der Waals surface area (Å²) in [5.41, 5.74) is 7.07. The van der Waals surface area contributed by atoms with Gasteiger partial charge >= 0.3 is 12.2 Å². The quantitative estimate of drug-likeness (QED) is 0.115. The summed E-state index contributed by atoms with van der Waals surface area (Å²) in [5.74, 6) is 0.229. The molecule has 0 bridgehead atoms. The molecule has 3 N–H and O–H groups in total.